The molecule has 2 aliphatic rings. The van der Waals surface area contributed by atoms with E-state index >= 15 is 0 Å². The van der Waals surface area contributed by atoms with E-state index in [9.17, 15) is 41.7 Å². The maximum absolute atomic E-state index is 12.3. The quantitative estimate of drug-likeness (QED) is 0.140. The molecule has 19 nitrogen and oxygen atoms in total. The van der Waals surface area contributed by atoms with Crippen LogP contribution >= 0.6 is 11.8 Å². The highest BCUT2D eigenvalue weighted by Gasteiger charge is 2.57. The molecular formula is C25H36O19S2. The number of hydrogen-bond donors (Lipinski definition) is 1. The Morgan fingerprint density at radius 3 is 1.54 bits per heavy atom. The van der Waals surface area contributed by atoms with Crippen molar-refractivity contribution in [2.75, 3.05) is 20.3 Å². The molecule has 0 unspecified atom stereocenters. The Morgan fingerprint density at radius 2 is 1.09 bits per heavy atom. The number of thioether (sulfide) groups is 1. The average Bonchev–Trinajstić information content (AvgIpc) is 2.90. The Balaban J connectivity index is 2.73. The van der Waals surface area contributed by atoms with Crippen molar-refractivity contribution in [3.05, 3.63) is 0 Å². The summed E-state index contributed by atoms with van der Waals surface area (Å²) in [5.74, 6) is -5.17. The van der Waals surface area contributed by atoms with E-state index in [4.69, 9.17) is 46.8 Å². The van der Waals surface area contributed by atoms with Gasteiger partial charge in [0.05, 0.1) is 5.25 Å². The van der Waals surface area contributed by atoms with E-state index in [1.54, 1.807) is 0 Å². The number of carbonyl (C=O) groups is 6. The molecular weight excluding hydrogens is 668 g/mol. The normalized spacial score (nSPS) is 31.1. The highest BCUT2D eigenvalue weighted by Crippen LogP contribution is 2.42. The van der Waals surface area contributed by atoms with Crippen molar-refractivity contribution in [1.29, 1.82) is 0 Å². The molecule has 0 aromatic carbocycles. The lowest BCUT2D eigenvalue weighted by molar-refractivity contribution is -0.263. The maximum Gasteiger partial charge on any atom is 0.397 e. The number of carbonyl (C=O) groups excluding carboxylic acids is 6. The number of rotatable bonds is 13. The SMILES string of the molecule is CO[C@H]1O[C@H](COC(C)=O)[C@@H](S[C@@H]2O[C@H](COC(C)=O)[C@H](OC(C)=O)[C@H](OC(C)=O)[C@H]2OC(C)=O)[C@H](OS(=O)(=O)O)[C@H]1OC(C)=O. The van der Waals surface area contributed by atoms with Crippen molar-refractivity contribution in [2.24, 2.45) is 0 Å². The van der Waals surface area contributed by atoms with Gasteiger partial charge in [0.15, 0.2) is 30.7 Å². The molecule has 21 heteroatoms. The summed E-state index contributed by atoms with van der Waals surface area (Å²) in [4.78, 5) is 71.8. The van der Waals surface area contributed by atoms with Gasteiger partial charge >= 0.3 is 46.2 Å². The van der Waals surface area contributed by atoms with Crippen molar-refractivity contribution in [2.45, 2.75) is 101 Å². The summed E-state index contributed by atoms with van der Waals surface area (Å²) in [6.07, 6.45) is -12.5. The van der Waals surface area contributed by atoms with Gasteiger partial charge in [0.25, 0.3) is 0 Å². The Bertz CT molecular complexity index is 1240. The lowest BCUT2D eigenvalue weighted by Crippen LogP contribution is -2.64. The van der Waals surface area contributed by atoms with Crippen LogP contribution in [-0.2, 0) is 86.0 Å². The molecule has 262 valence electrons. The molecule has 0 radical (unpaired) electrons. The zero-order valence-corrected chi connectivity index (χ0v) is 27.4. The molecule has 0 bridgehead atoms. The van der Waals surface area contributed by atoms with Gasteiger partial charge in [-0.1, -0.05) is 0 Å². The molecule has 0 saturated carbocycles. The zero-order valence-electron chi connectivity index (χ0n) is 25.8. The minimum Gasteiger partial charge on any atom is -0.463 e. The second-order valence-corrected chi connectivity index (χ2v) is 12.1. The first-order valence-corrected chi connectivity index (χ1v) is 15.7. The van der Waals surface area contributed by atoms with Crippen LogP contribution in [0.15, 0.2) is 0 Å². The van der Waals surface area contributed by atoms with Gasteiger partial charge in [0, 0.05) is 48.7 Å². The first kappa shape index (κ1) is 39.1. The van der Waals surface area contributed by atoms with Crippen LogP contribution in [0.5, 0.6) is 0 Å². The van der Waals surface area contributed by atoms with Crippen LogP contribution in [-0.4, -0.2) is 129 Å². The van der Waals surface area contributed by atoms with Crippen molar-refractivity contribution in [1.82, 2.24) is 0 Å². The molecule has 1 N–H and O–H groups in total. The lowest BCUT2D eigenvalue weighted by atomic mass is 9.99. The fourth-order valence-corrected chi connectivity index (χ4v) is 6.73. The first-order valence-electron chi connectivity index (χ1n) is 13.4. The van der Waals surface area contributed by atoms with Crippen LogP contribution in [0.4, 0.5) is 0 Å². The number of ether oxygens (including phenoxy) is 9. The molecule has 0 aliphatic carbocycles. The molecule has 2 fully saturated rings. The topological polar surface area (TPSA) is 249 Å². The molecule has 10 atom stereocenters. The lowest BCUT2D eigenvalue weighted by Gasteiger charge is -2.48. The highest BCUT2D eigenvalue weighted by molar-refractivity contribution is 8.00. The predicted octanol–water partition coefficient (Wildman–Crippen LogP) is -0.775. The van der Waals surface area contributed by atoms with E-state index in [1.165, 1.54) is 0 Å². The van der Waals surface area contributed by atoms with Crippen LogP contribution in [0.3, 0.4) is 0 Å². The van der Waals surface area contributed by atoms with Crippen molar-refractivity contribution in [3.63, 3.8) is 0 Å². The smallest absolute Gasteiger partial charge is 0.397 e. The van der Waals surface area contributed by atoms with Crippen LogP contribution in [0.25, 0.3) is 0 Å². The number of methoxy groups -OCH3 is 1. The summed E-state index contributed by atoms with van der Waals surface area (Å²) in [6, 6.07) is 0. The van der Waals surface area contributed by atoms with Gasteiger partial charge < -0.3 is 42.6 Å². The standard InChI is InChI=1S/C25H36O19S2/c1-10(26)36-8-16-18(38-12(3)28)19(39-13(4)29)22(41-15(6)31)25(43-16)45-23-17(9-37-11(2)27)42-24(35-7)21(40-14(5)30)20(23)44-46(32,33)34/h16-25H,8-9H2,1-7H3,(H,32,33,34)/t16-,17-,18+,19+,20-,21-,22-,23-,24+,25+/m1/s1. The van der Waals surface area contributed by atoms with Crippen molar-refractivity contribution >= 4 is 58.0 Å². The molecule has 0 aromatic rings. The van der Waals surface area contributed by atoms with Gasteiger partial charge in [-0.05, 0) is 0 Å². The van der Waals surface area contributed by atoms with Gasteiger partial charge in [-0.3, -0.25) is 33.3 Å². The van der Waals surface area contributed by atoms with E-state index in [-0.39, 0.29) is 0 Å². The summed E-state index contributed by atoms with van der Waals surface area (Å²) in [6.45, 7) is 5.07. The Morgan fingerprint density at radius 1 is 0.630 bits per heavy atom. The van der Waals surface area contributed by atoms with Crippen LogP contribution in [0.2, 0.25) is 0 Å². The van der Waals surface area contributed by atoms with Crippen LogP contribution in [0.1, 0.15) is 41.5 Å². The molecule has 2 aliphatic heterocycles. The molecule has 0 amide bonds. The second kappa shape index (κ2) is 17.2. The monoisotopic (exact) mass is 704 g/mol. The van der Waals surface area contributed by atoms with Gasteiger partial charge in [-0.2, -0.15) is 8.42 Å². The Hall–Kier alpha value is -3.08. The van der Waals surface area contributed by atoms with Gasteiger partial charge in [-0.25, -0.2) is 4.18 Å². The van der Waals surface area contributed by atoms with Gasteiger partial charge in [0.1, 0.15) is 37.0 Å². The van der Waals surface area contributed by atoms with E-state index in [0.29, 0.717) is 11.8 Å². The number of esters is 6. The molecule has 0 aromatic heterocycles. The van der Waals surface area contributed by atoms with Crippen LogP contribution < -0.4 is 0 Å². The van der Waals surface area contributed by atoms with E-state index < -0.39 is 119 Å². The van der Waals surface area contributed by atoms with Crippen molar-refractivity contribution < 1.29 is 88.6 Å². The molecule has 2 rings (SSSR count). The summed E-state index contributed by atoms with van der Waals surface area (Å²) in [5, 5.41) is -1.45. The largest absolute Gasteiger partial charge is 0.463 e. The molecule has 0 spiro atoms. The summed E-state index contributed by atoms with van der Waals surface area (Å²) < 4.78 is 87.4. The van der Waals surface area contributed by atoms with Crippen molar-refractivity contribution in [3.8, 4) is 0 Å². The third-order valence-corrected chi connectivity index (χ3v) is 8.05. The fraction of sp³-hybridized carbons (Fsp3) is 0.760. The molecule has 2 heterocycles. The second-order valence-electron chi connectivity index (χ2n) is 9.81. The van der Waals surface area contributed by atoms with E-state index in [2.05, 4.69) is 0 Å². The molecule has 2 saturated heterocycles. The Labute approximate surface area is 268 Å². The zero-order chi connectivity index (χ0) is 34.9. The third kappa shape index (κ3) is 11.9. The van der Waals surface area contributed by atoms with Gasteiger partial charge in [0.2, 0.25) is 0 Å². The van der Waals surface area contributed by atoms with E-state index in [0.717, 1.165) is 48.7 Å². The first-order chi connectivity index (χ1) is 21.3. The summed E-state index contributed by atoms with van der Waals surface area (Å²) >= 11 is 0.598. The average molecular weight is 705 g/mol. The highest BCUT2D eigenvalue weighted by atomic mass is 32.3. The van der Waals surface area contributed by atoms with Crippen LogP contribution in [0, 0.1) is 0 Å². The molecule has 46 heavy (non-hydrogen) atoms. The fourth-order valence-electron chi connectivity index (χ4n) is 4.59. The summed E-state index contributed by atoms with van der Waals surface area (Å²) in [7, 11) is -4.17. The minimum absolute atomic E-state index is 0.570. The maximum atomic E-state index is 12.3. The van der Waals surface area contributed by atoms with E-state index in [1.807, 2.05) is 0 Å². The number of hydrogen-bond acceptors (Lipinski definition) is 19. The Kier molecular flexibility index (Phi) is 14.6. The third-order valence-electron chi connectivity index (χ3n) is 6.05. The van der Waals surface area contributed by atoms with Gasteiger partial charge in [-0.15, -0.1) is 11.8 Å². The summed E-state index contributed by atoms with van der Waals surface area (Å²) in [5.41, 5.74) is -1.52. The minimum atomic E-state index is -5.30. The predicted molar refractivity (Wildman–Crippen MR) is 148 cm³/mol.